The number of thioether (sulfide) groups is 1. The Morgan fingerprint density at radius 2 is 2.16 bits per heavy atom. The van der Waals surface area contributed by atoms with Gasteiger partial charge in [0, 0.05) is 39.0 Å². The van der Waals surface area contributed by atoms with Gasteiger partial charge in [0.25, 0.3) is 0 Å². The summed E-state index contributed by atoms with van der Waals surface area (Å²) in [5, 5.41) is 0. The summed E-state index contributed by atoms with van der Waals surface area (Å²) in [5.74, 6) is 0.890. The fourth-order valence-electron chi connectivity index (χ4n) is 1.90. The van der Waals surface area contributed by atoms with Crippen molar-refractivity contribution in [3.63, 3.8) is 0 Å². The van der Waals surface area contributed by atoms with Gasteiger partial charge in [-0.15, -0.1) is 0 Å². The lowest BCUT2D eigenvalue weighted by atomic mass is 10.2. The summed E-state index contributed by atoms with van der Waals surface area (Å²) in [5.41, 5.74) is 1.11. The van der Waals surface area contributed by atoms with Gasteiger partial charge in [0.05, 0.1) is 0 Å². The molecule has 0 unspecified atom stereocenters. The zero-order chi connectivity index (χ0) is 13.1. The van der Waals surface area contributed by atoms with Gasteiger partial charge >= 0.3 is 0 Å². The van der Waals surface area contributed by atoms with Gasteiger partial charge < -0.3 is 4.98 Å². The molecule has 0 aliphatic heterocycles. The molecule has 1 N–H and O–H groups in total. The molecule has 3 rings (SSSR count). The average Bonchev–Trinajstić information content (AvgIpc) is 2.96. The Balaban J connectivity index is 1.96. The first-order chi connectivity index (χ1) is 9.34. The van der Waals surface area contributed by atoms with Crippen LogP contribution in [0.4, 0.5) is 0 Å². The lowest BCUT2D eigenvalue weighted by Gasteiger charge is -2.12. The van der Waals surface area contributed by atoms with E-state index in [0.717, 1.165) is 27.6 Å². The van der Waals surface area contributed by atoms with Gasteiger partial charge in [-0.25, -0.2) is 4.98 Å². The molecule has 0 amide bonds. The molecule has 1 aromatic carbocycles. The second-order valence-electron chi connectivity index (χ2n) is 4.12. The van der Waals surface area contributed by atoms with E-state index in [-0.39, 0.29) is 0 Å². The zero-order valence-electron chi connectivity index (χ0n) is 10.2. The Morgan fingerprint density at radius 3 is 2.95 bits per heavy atom. The van der Waals surface area contributed by atoms with E-state index >= 15 is 0 Å². The summed E-state index contributed by atoms with van der Waals surface area (Å²) in [6, 6.07) is 8.24. The molecule has 0 spiro atoms. The number of thiocarbonyl (C=S) groups is 1. The molecule has 4 heteroatoms. The maximum atomic E-state index is 5.41. The Kier molecular flexibility index (Phi) is 3.62. The first kappa shape index (κ1) is 12.4. The van der Waals surface area contributed by atoms with E-state index in [2.05, 4.69) is 40.3 Å². The number of nitrogens with one attached hydrogen (secondary N) is 1. The van der Waals surface area contributed by atoms with Gasteiger partial charge in [0.2, 0.25) is 0 Å². The fraction of sp³-hybridized carbons (Fsp3) is 0.0667. The van der Waals surface area contributed by atoms with Crippen molar-refractivity contribution in [3.05, 3.63) is 59.8 Å². The van der Waals surface area contributed by atoms with Crippen molar-refractivity contribution in [1.29, 1.82) is 0 Å². The minimum Gasteiger partial charge on any atom is -0.345 e. The van der Waals surface area contributed by atoms with Crippen LogP contribution in [0, 0.1) is 0 Å². The summed E-state index contributed by atoms with van der Waals surface area (Å²) in [4.78, 5) is 10.8. The fourth-order valence-corrected chi connectivity index (χ4v) is 3.19. The molecule has 0 saturated carbocycles. The molecule has 0 radical (unpaired) electrons. The van der Waals surface area contributed by atoms with Crippen molar-refractivity contribution in [2.75, 3.05) is 0 Å². The lowest BCUT2D eigenvalue weighted by Crippen LogP contribution is -1.98. The van der Waals surface area contributed by atoms with Crippen LogP contribution in [0.3, 0.4) is 0 Å². The van der Waals surface area contributed by atoms with Crippen LogP contribution in [0.2, 0.25) is 0 Å². The normalized spacial score (nSPS) is 14.5. The van der Waals surface area contributed by atoms with Crippen molar-refractivity contribution in [2.45, 2.75) is 11.3 Å². The van der Waals surface area contributed by atoms with E-state index in [1.165, 1.54) is 4.90 Å². The monoisotopic (exact) mass is 284 g/mol. The van der Waals surface area contributed by atoms with Crippen LogP contribution in [-0.2, 0) is 0 Å². The molecular weight excluding hydrogens is 272 g/mol. The number of aromatic nitrogens is 2. The third-order valence-corrected chi connectivity index (χ3v) is 4.52. The highest BCUT2D eigenvalue weighted by Gasteiger charge is 2.12. The molecular formula is C15H12N2S2. The third-order valence-electron chi connectivity index (χ3n) is 2.82. The van der Waals surface area contributed by atoms with E-state index in [9.17, 15) is 0 Å². The Hall–Kier alpha value is -1.65. The van der Waals surface area contributed by atoms with Crippen LogP contribution in [0.5, 0.6) is 0 Å². The van der Waals surface area contributed by atoms with Crippen molar-refractivity contribution < 1.29 is 0 Å². The average molecular weight is 284 g/mol. The van der Waals surface area contributed by atoms with Crippen molar-refractivity contribution in [3.8, 4) is 11.4 Å². The van der Waals surface area contributed by atoms with Crippen LogP contribution in [0.25, 0.3) is 11.4 Å². The number of imidazole rings is 1. The molecule has 0 fully saturated rings. The lowest BCUT2D eigenvalue weighted by molar-refractivity contribution is 1.27. The largest absolute Gasteiger partial charge is 0.345 e. The van der Waals surface area contributed by atoms with Crippen molar-refractivity contribution >= 4 is 28.8 Å². The quantitative estimate of drug-likeness (QED) is 0.848. The highest BCUT2D eigenvalue weighted by molar-refractivity contribution is 8.05. The Bertz CT molecular complexity index is 655. The van der Waals surface area contributed by atoms with E-state index in [1.807, 2.05) is 18.3 Å². The van der Waals surface area contributed by atoms with Crippen LogP contribution < -0.4 is 0 Å². The number of hydrogen-bond acceptors (Lipinski definition) is 3. The van der Waals surface area contributed by atoms with Crippen molar-refractivity contribution in [1.82, 2.24) is 9.97 Å². The van der Waals surface area contributed by atoms with Gasteiger partial charge in [-0.1, -0.05) is 54.3 Å². The van der Waals surface area contributed by atoms with E-state index in [4.69, 9.17) is 12.2 Å². The van der Waals surface area contributed by atoms with Crippen LogP contribution in [0.1, 0.15) is 6.42 Å². The number of benzene rings is 1. The number of hydrogen-bond donors (Lipinski definition) is 1. The molecule has 1 aromatic heterocycles. The maximum Gasteiger partial charge on any atom is 0.138 e. The van der Waals surface area contributed by atoms with Gasteiger partial charge in [0.1, 0.15) is 5.82 Å². The molecule has 0 atom stereocenters. The van der Waals surface area contributed by atoms with Crippen LogP contribution in [-0.4, -0.2) is 14.8 Å². The second-order valence-corrected chi connectivity index (χ2v) is 5.70. The van der Waals surface area contributed by atoms with Crippen LogP contribution >= 0.6 is 24.0 Å². The van der Waals surface area contributed by atoms with Gasteiger partial charge in [-0.3, -0.25) is 0 Å². The molecule has 2 aromatic rings. The summed E-state index contributed by atoms with van der Waals surface area (Å²) in [6.07, 6.45) is 10.7. The number of allylic oxidation sites excluding steroid dienone is 4. The maximum absolute atomic E-state index is 5.41. The number of rotatable bonds is 3. The minimum atomic E-state index is 0.858. The Morgan fingerprint density at radius 1 is 1.26 bits per heavy atom. The molecule has 1 aliphatic rings. The first-order valence-electron chi connectivity index (χ1n) is 6.01. The van der Waals surface area contributed by atoms with Gasteiger partial charge in [-0.05, 0) is 12.1 Å². The van der Waals surface area contributed by atoms with Crippen LogP contribution in [0.15, 0.2) is 64.7 Å². The first-order valence-corrected chi connectivity index (χ1v) is 7.24. The second kappa shape index (κ2) is 5.55. The topological polar surface area (TPSA) is 28.7 Å². The standard InChI is InChI=1S/C15H12N2S2/c18-12-6-2-4-8-14(12)19-13-7-3-1-5-11(13)15-16-9-10-17-15/h1-5,7-10H,6H2,(H,16,17). The molecule has 2 nitrogen and oxygen atoms in total. The smallest absolute Gasteiger partial charge is 0.138 e. The predicted octanol–water partition coefficient (Wildman–Crippen LogP) is 4.38. The summed E-state index contributed by atoms with van der Waals surface area (Å²) in [7, 11) is 0. The molecule has 0 saturated heterocycles. The molecule has 1 heterocycles. The summed E-state index contributed by atoms with van der Waals surface area (Å²) >= 11 is 7.11. The highest BCUT2D eigenvalue weighted by Crippen LogP contribution is 2.36. The SMILES string of the molecule is S=C1CC=CC=C1Sc1ccccc1-c1ncc[nH]1. The predicted molar refractivity (Wildman–Crippen MR) is 84.3 cm³/mol. The molecule has 19 heavy (non-hydrogen) atoms. The molecule has 1 aliphatic carbocycles. The van der Waals surface area contributed by atoms with Gasteiger partial charge in [-0.2, -0.15) is 0 Å². The van der Waals surface area contributed by atoms with E-state index in [0.29, 0.717) is 0 Å². The molecule has 0 bridgehead atoms. The third kappa shape index (κ3) is 2.69. The summed E-state index contributed by atoms with van der Waals surface area (Å²) in [6.45, 7) is 0. The highest BCUT2D eigenvalue weighted by atomic mass is 32.2. The summed E-state index contributed by atoms with van der Waals surface area (Å²) < 4.78 is 0. The Labute approximate surface area is 121 Å². The zero-order valence-corrected chi connectivity index (χ0v) is 11.8. The minimum absolute atomic E-state index is 0.858. The number of nitrogens with zero attached hydrogens (tertiary/aromatic N) is 1. The number of aromatic amines is 1. The molecule has 94 valence electrons. The van der Waals surface area contributed by atoms with E-state index in [1.54, 1.807) is 18.0 Å². The van der Waals surface area contributed by atoms with Gasteiger partial charge in [0.15, 0.2) is 0 Å². The van der Waals surface area contributed by atoms with E-state index < -0.39 is 0 Å². The van der Waals surface area contributed by atoms with Crippen molar-refractivity contribution in [2.24, 2.45) is 0 Å². The number of H-pyrrole nitrogens is 1.